The Hall–Kier alpha value is -2.17. The highest BCUT2D eigenvalue weighted by atomic mass is 16.4. The molecule has 0 aliphatic heterocycles. The first kappa shape index (κ1) is 10.7. The molecule has 0 atom stereocenters. The van der Waals surface area contributed by atoms with Crippen molar-refractivity contribution in [3.63, 3.8) is 0 Å². The van der Waals surface area contributed by atoms with Crippen LogP contribution in [0.1, 0.15) is 41.8 Å². The lowest BCUT2D eigenvalue weighted by molar-refractivity contribution is 0.476. The van der Waals surface area contributed by atoms with Crippen LogP contribution < -0.4 is 0 Å². The topological polar surface area (TPSA) is 56.2 Å². The molecule has 1 saturated carbocycles. The van der Waals surface area contributed by atoms with Gasteiger partial charge in [-0.15, -0.1) is 10.2 Å². The van der Waals surface area contributed by atoms with Crippen LogP contribution >= 0.6 is 0 Å². The number of fused-ring (bicyclic) bond motifs is 1. The monoisotopic (exact) mass is 254 g/mol. The van der Waals surface area contributed by atoms with E-state index < -0.39 is 0 Å². The summed E-state index contributed by atoms with van der Waals surface area (Å²) in [6, 6.07) is 4.26. The fourth-order valence-corrected chi connectivity index (χ4v) is 2.37. The average Bonchev–Trinajstić information content (AvgIpc) is 3.05. The highest BCUT2D eigenvalue weighted by Gasteiger charge is 2.23. The summed E-state index contributed by atoms with van der Waals surface area (Å²) in [6.45, 7) is 1.79. The number of hydrogen-bond donors (Lipinski definition) is 0. The zero-order valence-corrected chi connectivity index (χ0v) is 10.7. The molecule has 96 valence electrons. The molecule has 1 fully saturated rings. The number of aromatic nitrogens is 4. The quantitative estimate of drug-likeness (QED) is 0.720. The summed E-state index contributed by atoms with van der Waals surface area (Å²) in [5, 5.41) is 7.83. The summed E-state index contributed by atoms with van der Waals surface area (Å²) in [6.07, 6.45) is 7.44. The second-order valence-corrected chi connectivity index (χ2v) is 5.13. The first-order valence-electron chi connectivity index (χ1n) is 6.54. The molecule has 0 N–H and O–H groups in total. The van der Waals surface area contributed by atoms with E-state index in [4.69, 9.17) is 4.42 Å². The summed E-state index contributed by atoms with van der Waals surface area (Å²) in [4.78, 5) is 4.57. The minimum atomic E-state index is 0.585. The van der Waals surface area contributed by atoms with E-state index in [0.717, 1.165) is 17.3 Å². The van der Waals surface area contributed by atoms with Crippen molar-refractivity contribution in [1.82, 2.24) is 19.6 Å². The van der Waals surface area contributed by atoms with E-state index in [1.54, 1.807) is 6.92 Å². The van der Waals surface area contributed by atoms with Crippen molar-refractivity contribution in [3.8, 4) is 0 Å². The predicted octanol–water partition coefficient (Wildman–Crippen LogP) is 2.49. The van der Waals surface area contributed by atoms with Crippen LogP contribution in [0.5, 0.6) is 0 Å². The Labute approximate surface area is 110 Å². The van der Waals surface area contributed by atoms with E-state index in [1.165, 1.54) is 18.4 Å². The summed E-state index contributed by atoms with van der Waals surface area (Å²) in [7, 11) is 0. The largest absolute Gasteiger partial charge is 0.425 e. The third kappa shape index (κ3) is 2.01. The van der Waals surface area contributed by atoms with Gasteiger partial charge in [0, 0.05) is 19.3 Å². The number of aryl methyl sites for hydroxylation is 1. The van der Waals surface area contributed by atoms with Crippen molar-refractivity contribution in [2.45, 2.75) is 32.1 Å². The van der Waals surface area contributed by atoms with Crippen LogP contribution in [-0.2, 0) is 6.42 Å². The van der Waals surface area contributed by atoms with E-state index in [9.17, 15) is 0 Å². The Morgan fingerprint density at radius 2 is 2.16 bits per heavy atom. The minimum Gasteiger partial charge on any atom is -0.425 e. The maximum atomic E-state index is 5.38. The van der Waals surface area contributed by atoms with E-state index in [0.29, 0.717) is 18.2 Å². The number of rotatable bonds is 3. The second kappa shape index (κ2) is 3.91. The summed E-state index contributed by atoms with van der Waals surface area (Å²) in [5.41, 5.74) is 3.33. The van der Waals surface area contributed by atoms with E-state index in [1.807, 2.05) is 6.20 Å². The van der Waals surface area contributed by atoms with Gasteiger partial charge in [-0.3, -0.25) is 0 Å². The fourth-order valence-electron chi connectivity index (χ4n) is 2.37. The molecular formula is C14H14N4O. The van der Waals surface area contributed by atoms with Gasteiger partial charge in [-0.1, -0.05) is 6.07 Å². The summed E-state index contributed by atoms with van der Waals surface area (Å²) < 4.78 is 7.47. The van der Waals surface area contributed by atoms with Crippen LogP contribution in [0.25, 0.3) is 5.65 Å². The molecule has 3 heterocycles. The lowest BCUT2D eigenvalue weighted by Gasteiger charge is -1.98. The predicted molar refractivity (Wildman–Crippen MR) is 69.0 cm³/mol. The molecule has 0 unspecified atom stereocenters. The van der Waals surface area contributed by atoms with Crippen LogP contribution in [0.2, 0.25) is 0 Å². The van der Waals surface area contributed by atoms with E-state index in [2.05, 4.69) is 37.9 Å². The third-order valence-corrected chi connectivity index (χ3v) is 3.47. The first-order valence-corrected chi connectivity index (χ1v) is 6.54. The molecule has 5 heteroatoms. The molecule has 3 aromatic heterocycles. The smallest absolute Gasteiger partial charge is 0.222 e. The lowest BCUT2D eigenvalue weighted by Crippen LogP contribution is -1.88. The van der Waals surface area contributed by atoms with E-state index >= 15 is 0 Å². The van der Waals surface area contributed by atoms with Gasteiger partial charge in [0.2, 0.25) is 11.8 Å². The number of nitrogens with zero attached hydrogens (tertiary/aromatic N) is 4. The van der Waals surface area contributed by atoms with Crippen LogP contribution in [0, 0.1) is 6.92 Å². The molecule has 0 bridgehead atoms. The van der Waals surface area contributed by atoms with Gasteiger partial charge in [0.1, 0.15) is 5.65 Å². The zero-order valence-electron chi connectivity index (χ0n) is 10.7. The highest BCUT2D eigenvalue weighted by molar-refractivity contribution is 5.43. The third-order valence-electron chi connectivity index (χ3n) is 3.47. The maximum absolute atomic E-state index is 5.38. The Balaban J connectivity index is 1.67. The second-order valence-electron chi connectivity index (χ2n) is 5.13. The molecular weight excluding hydrogens is 240 g/mol. The molecule has 5 nitrogen and oxygen atoms in total. The van der Waals surface area contributed by atoms with Crippen molar-refractivity contribution in [3.05, 3.63) is 47.6 Å². The van der Waals surface area contributed by atoms with Crippen LogP contribution in [0.4, 0.5) is 0 Å². The fraction of sp³-hybridized carbons (Fsp3) is 0.357. The Morgan fingerprint density at radius 3 is 2.89 bits per heavy atom. The van der Waals surface area contributed by atoms with Crippen LogP contribution in [-0.4, -0.2) is 19.6 Å². The molecule has 0 spiro atoms. The maximum Gasteiger partial charge on any atom is 0.222 e. The Kier molecular flexibility index (Phi) is 2.21. The summed E-state index contributed by atoms with van der Waals surface area (Å²) >= 11 is 0. The lowest BCUT2D eigenvalue weighted by atomic mass is 10.2. The first-order chi connectivity index (χ1) is 9.28. The van der Waals surface area contributed by atoms with Gasteiger partial charge in [-0.05, 0) is 30.4 Å². The Bertz CT molecular complexity index is 739. The molecule has 19 heavy (non-hydrogen) atoms. The SMILES string of the molecule is Cc1nnc(Cc2cn3cc(C4CC4)ccc3n2)o1. The molecule has 0 radical (unpaired) electrons. The Morgan fingerprint density at radius 1 is 1.26 bits per heavy atom. The number of hydrogen-bond acceptors (Lipinski definition) is 4. The molecule has 0 amide bonds. The van der Waals surface area contributed by atoms with Gasteiger partial charge >= 0.3 is 0 Å². The van der Waals surface area contributed by atoms with E-state index in [-0.39, 0.29) is 0 Å². The normalized spacial score (nSPS) is 15.2. The number of imidazole rings is 1. The summed E-state index contributed by atoms with van der Waals surface area (Å²) in [5.74, 6) is 1.96. The average molecular weight is 254 g/mol. The number of pyridine rings is 1. The van der Waals surface area contributed by atoms with Gasteiger partial charge in [0.25, 0.3) is 0 Å². The van der Waals surface area contributed by atoms with Crippen molar-refractivity contribution in [2.75, 3.05) is 0 Å². The molecule has 4 rings (SSSR count). The molecule has 0 saturated heterocycles. The standard InChI is InChI=1S/C14H14N4O/c1-9-16-17-14(19-9)6-12-8-18-7-11(10-2-3-10)4-5-13(18)15-12/h4-5,7-8,10H,2-3,6H2,1H3. The highest BCUT2D eigenvalue weighted by Crippen LogP contribution is 2.39. The van der Waals surface area contributed by atoms with Gasteiger partial charge < -0.3 is 8.82 Å². The molecule has 1 aliphatic rings. The van der Waals surface area contributed by atoms with Gasteiger partial charge in [-0.25, -0.2) is 4.98 Å². The van der Waals surface area contributed by atoms with Crippen molar-refractivity contribution in [1.29, 1.82) is 0 Å². The zero-order chi connectivity index (χ0) is 12.8. The van der Waals surface area contributed by atoms with Gasteiger partial charge in [-0.2, -0.15) is 0 Å². The van der Waals surface area contributed by atoms with Crippen LogP contribution in [0.3, 0.4) is 0 Å². The van der Waals surface area contributed by atoms with Crippen molar-refractivity contribution >= 4 is 5.65 Å². The van der Waals surface area contributed by atoms with Gasteiger partial charge in [0.05, 0.1) is 12.1 Å². The molecule has 3 aromatic rings. The molecule has 0 aromatic carbocycles. The van der Waals surface area contributed by atoms with Crippen LogP contribution in [0.15, 0.2) is 28.9 Å². The van der Waals surface area contributed by atoms with Crippen molar-refractivity contribution in [2.24, 2.45) is 0 Å². The molecule has 1 aliphatic carbocycles. The minimum absolute atomic E-state index is 0.585. The van der Waals surface area contributed by atoms with Gasteiger partial charge in [0.15, 0.2) is 0 Å². The van der Waals surface area contributed by atoms with Crippen molar-refractivity contribution < 1.29 is 4.42 Å².